The van der Waals surface area contributed by atoms with Crippen molar-refractivity contribution in [2.24, 2.45) is 0 Å². The van der Waals surface area contributed by atoms with Gasteiger partial charge in [0, 0.05) is 25.2 Å². The Bertz CT molecular complexity index is 856. The maximum Gasteiger partial charge on any atom is 0.251 e. The van der Waals surface area contributed by atoms with E-state index in [0.29, 0.717) is 12.1 Å². The Morgan fingerprint density at radius 2 is 1.73 bits per heavy atom. The van der Waals surface area contributed by atoms with E-state index < -0.39 is 0 Å². The molecule has 0 bridgehead atoms. The zero-order valence-corrected chi connectivity index (χ0v) is 18.4. The predicted octanol–water partition coefficient (Wildman–Crippen LogP) is 3.10. The van der Waals surface area contributed by atoms with Crippen molar-refractivity contribution in [3.8, 4) is 0 Å². The third-order valence-corrected chi connectivity index (χ3v) is 6.15. The first-order chi connectivity index (χ1) is 14.4. The average Bonchev–Trinajstić information content (AvgIpc) is 2.75. The summed E-state index contributed by atoms with van der Waals surface area (Å²) in [6.45, 7) is 5.71. The van der Waals surface area contributed by atoms with E-state index in [1.807, 2.05) is 55.4 Å². The molecule has 1 saturated heterocycles. The molecule has 0 aromatic heterocycles. The van der Waals surface area contributed by atoms with E-state index in [4.69, 9.17) is 0 Å². The molecule has 2 aromatic rings. The molecule has 0 saturated carbocycles. The fourth-order valence-corrected chi connectivity index (χ4v) is 4.26. The number of hydrogen-bond donors (Lipinski definition) is 1. The van der Waals surface area contributed by atoms with Gasteiger partial charge in [0.1, 0.15) is 5.78 Å². The number of ketones is 1. The van der Waals surface area contributed by atoms with Crippen molar-refractivity contribution in [2.75, 3.05) is 40.3 Å². The molecule has 1 amide bonds. The summed E-state index contributed by atoms with van der Waals surface area (Å²) in [6.07, 6.45) is 1.66. The summed E-state index contributed by atoms with van der Waals surface area (Å²) in [5.74, 6) is 0.224. The molecule has 1 aliphatic heterocycles. The number of benzene rings is 2. The zero-order valence-electron chi connectivity index (χ0n) is 18.4. The summed E-state index contributed by atoms with van der Waals surface area (Å²) in [5.41, 5.74) is 2.59. The Hall–Kier alpha value is -2.50. The molecule has 2 aromatic carbocycles. The molecule has 0 spiro atoms. The Kier molecular flexibility index (Phi) is 7.40. The summed E-state index contributed by atoms with van der Waals surface area (Å²) in [7, 11) is 3.98. The van der Waals surface area contributed by atoms with Crippen LogP contribution in [0.3, 0.4) is 0 Å². The molecular weight excluding hydrogens is 374 g/mol. The normalized spacial score (nSPS) is 16.4. The molecule has 1 heterocycles. The largest absolute Gasteiger partial charge is 0.351 e. The summed E-state index contributed by atoms with van der Waals surface area (Å²) < 4.78 is 0. The average molecular weight is 408 g/mol. The number of hydrogen-bond acceptors (Lipinski definition) is 4. The maximum absolute atomic E-state index is 12.6. The quantitative estimate of drug-likeness (QED) is 0.731. The number of piperidine rings is 1. The molecule has 0 radical (unpaired) electrons. The van der Waals surface area contributed by atoms with Crippen LogP contribution in [0, 0.1) is 0 Å². The third-order valence-electron chi connectivity index (χ3n) is 6.15. The molecule has 1 aliphatic rings. The van der Waals surface area contributed by atoms with Crippen molar-refractivity contribution in [3.05, 3.63) is 71.3 Å². The number of nitrogens with zero attached hydrogens (tertiary/aromatic N) is 2. The molecule has 5 heteroatoms. The van der Waals surface area contributed by atoms with Crippen molar-refractivity contribution < 1.29 is 9.59 Å². The Morgan fingerprint density at radius 1 is 1.03 bits per heavy atom. The summed E-state index contributed by atoms with van der Waals surface area (Å²) in [5, 5.41) is 2.97. The number of likely N-dealkylation sites (N-methyl/N-ethyl adjacent to an activating group) is 1. The van der Waals surface area contributed by atoms with Gasteiger partial charge >= 0.3 is 0 Å². The van der Waals surface area contributed by atoms with Crippen molar-refractivity contribution >= 4 is 11.7 Å². The molecule has 0 atom stereocenters. The predicted molar refractivity (Wildman–Crippen MR) is 121 cm³/mol. The molecule has 1 N–H and O–H groups in total. The fraction of sp³-hybridized carbons (Fsp3) is 0.440. The van der Waals surface area contributed by atoms with Gasteiger partial charge in [-0.2, -0.15) is 0 Å². The first-order valence-corrected chi connectivity index (χ1v) is 10.7. The second kappa shape index (κ2) is 10.0. The lowest BCUT2D eigenvalue weighted by Gasteiger charge is -2.40. The van der Waals surface area contributed by atoms with Crippen LogP contribution in [0.5, 0.6) is 0 Å². The molecule has 3 rings (SSSR count). The second-order valence-corrected chi connectivity index (χ2v) is 8.54. The van der Waals surface area contributed by atoms with Gasteiger partial charge in [-0.15, -0.1) is 0 Å². The lowest BCUT2D eigenvalue weighted by molar-refractivity contribution is -0.124. The van der Waals surface area contributed by atoms with Gasteiger partial charge in [-0.05, 0) is 70.2 Å². The Balaban J connectivity index is 1.61. The standard InChI is InChI=1S/C25H33N3O2/c1-20(29)25(23-10-5-4-6-11-23)12-15-28(16-13-25)19-21-8-7-9-22(18-21)24(30)26-14-17-27(2)3/h4-11,18H,12-17,19H2,1-3H3,(H,26,30). The van der Waals surface area contributed by atoms with Gasteiger partial charge in [-0.25, -0.2) is 0 Å². The Morgan fingerprint density at radius 3 is 2.37 bits per heavy atom. The highest BCUT2D eigenvalue weighted by Gasteiger charge is 2.40. The monoisotopic (exact) mass is 407 g/mol. The number of Topliss-reactive ketones (excluding diaryl/α,β-unsaturated/α-hetero) is 1. The lowest BCUT2D eigenvalue weighted by Crippen LogP contribution is -2.46. The summed E-state index contributed by atoms with van der Waals surface area (Å²) in [4.78, 5) is 29.4. The minimum atomic E-state index is -0.369. The minimum absolute atomic E-state index is 0.0305. The molecule has 30 heavy (non-hydrogen) atoms. The lowest BCUT2D eigenvalue weighted by atomic mass is 9.70. The van der Waals surface area contributed by atoms with E-state index in [9.17, 15) is 9.59 Å². The van der Waals surface area contributed by atoms with Crippen molar-refractivity contribution in [2.45, 2.75) is 31.7 Å². The van der Waals surface area contributed by atoms with Gasteiger partial charge in [0.15, 0.2) is 0 Å². The van der Waals surface area contributed by atoms with E-state index in [1.54, 1.807) is 6.92 Å². The molecule has 1 fully saturated rings. The van der Waals surface area contributed by atoms with Crippen LogP contribution in [0.25, 0.3) is 0 Å². The van der Waals surface area contributed by atoms with E-state index >= 15 is 0 Å². The van der Waals surface area contributed by atoms with Crippen LogP contribution in [-0.2, 0) is 16.8 Å². The second-order valence-electron chi connectivity index (χ2n) is 8.54. The van der Waals surface area contributed by atoms with Gasteiger partial charge in [0.25, 0.3) is 5.91 Å². The number of amides is 1. The smallest absolute Gasteiger partial charge is 0.251 e. The first kappa shape index (κ1) is 22.2. The Labute approximate surface area is 180 Å². The summed E-state index contributed by atoms with van der Waals surface area (Å²) >= 11 is 0. The molecule has 0 unspecified atom stereocenters. The highest BCUT2D eigenvalue weighted by Crippen LogP contribution is 2.36. The number of rotatable bonds is 8. The zero-order chi connectivity index (χ0) is 21.6. The van der Waals surface area contributed by atoms with Crippen LogP contribution in [0.15, 0.2) is 54.6 Å². The van der Waals surface area contributed by atoms with Gasteiger partial charge in [0.2, 0.25) is 0 Å². The van der Waals surface area contributed by atoms with Crippen molar-refractivity contribution in [1.82, 2.24) is 15.1 Å². The highest BCUT2D eigenvalue weighted by molar-refractivity contribution is 5.94. The van der Waals surface area contributed by atoms with Gasteiger partial charge in [-0.3, -0.25) is 14.5 Å². The van der Waals surface area contributed by atoms with Crippen LogP contribution in [0.4, 0.5) is 0 Å². The molecule has 5 nitrogen and oxygen atoms in total. The van der Waals surface area contributed by atoms with Gasteiger partial charge < -0.3 is 10.2 Å². The number of carbonyl (C=O) groups is 2. The van der Waals surface area contributed by atoms with E-state index in [-0.39, 0.29) is 17.1 Å². The molecule has 0 aliphatic carbocycles. The molecule has 160 valence electrons. The minimum Gasteiger partial charge on any atom is -0.351 e. The van der Waals surface area contributed by atoms with Gasteiger partial charge in [-0.1, -0.05) is 42.5 Å². The summed E-state index contributed by atoms with van der Waals surface area (Å²) in [6, 6.07) is 18.0. The first-order valence-electron chi connectivity index (χ1n) is 10.7. The van der Waals surface area contributed by atoms with Crippen LogP contribution in [0.2, 0.25) is 0 Å². The molecular formula is C25H33N3O2. The van der Waals surface area contributed by atoms with Crippen LogP contribution < -0.4 is 5.32 Å². The maximum atomic E-state index is 12.6. The van der Waals surface area contributed by atoms with E-state index in [1.165, 1.54) is 0 Å². The van der Waals surface area contributed by atoms with Crippen LogP contribution >= 0.6 is 0 Å². The van der Waals surface area contributed by atoms with Crippen LogP contribution in [-0.4, -0.2) is 61.8 Å². The topological polar surface area (TPSA) is 52.7 Å². The number of likely N-dealkylation sites (tertiary alicyclic amines) is 1. The van der Waals surface area contributed by atoms with Crippen molar-refractivity contribution in [1.29, 1.82) is 0 Å². The van der Waals surface area contributed by atoms with E-state index in [0.717, 1.165) is 50.1 Å². The van der Waals surface area contributed by atoms with E-state index in [2.05, 4.69) is 28.4 Å². The highest BCUT2D eigenvalue weighted by atomic mass is 16.1. The number of carbonyl (C=O) groups excluding carboxylic acids is 2. The van der Waals surface area contributed by atoms with Crippen LogP contribution in [0.1, 0.15) is 41.3 Å². The third kappa shape index (κ3) is 5.35. The number of nitrogens with one attached hydrogen (secondary N) is 1. The van der Waals surface area contributed by atoms with Crippen molar-refractivity contribution in [3.63, 3.8) is 0 Å². The fourth-order valence-electron chi connectivity index (χ4n) is 4.26. The SMILES string of the molecule is CC(=O)C1(c2ccccc2)CCN(Cc2cccc(C(=O)NCCN(C)C)c2)CC1. The van der Waals surface area contributed by atoms with Gasteiger partial charge in [0.05, 0.1) is 5.41 Å².